The maximum Gasteiger partial charge on any atom is 0.240 e. The maximum atomic E-state index is 12.3. The molecule has 7 heteroatoms. The van der Waals surface area contributed by atoms with Gasteiger partial charge in [0.2, 0.25) is 15.9 Å². The van der Waals surface area contributed by atoms with Crippen LogP contribution in [0.3, 0.4) is 0 Å². The monoisotopic (exact) mass is 420 g/mol. The lowest BCUT2D eigenvalue weighted by molar-refractivity contribution is -0.119. The van der Waals surface area contributed by atoms with E-state index in [1.54, 1.807) is 23.9 Å². The summed E-state index contributed by atoms with van der Waals surface area (Å²) in [7, 11) is -3.56. The molecule has 0 aliphatic heterocycles. The summed E-state index contributed by atoms with van der Waals surface area (Å²) in [5.41, 5.74) is 3.62. The molecule has 1 N–H and O–H groups in total. The molecule has 0 atom stereocenters. The fourth-order valence-electron chi connectivity index (χ4n) is 2.70. The largest absolute Gasteiger partial charge is 0.354 e. The quantitative estimate of drug-likeness (QED) is 0.496. The van der Waals surface area contributed by atoms with Gasteiger partial charge in [-0.25, -0.2) is 8.42 Å². The zero-order valence-corrected chi connectivity index (χ0v) is 18.5. The van der Waals surface area contributed by atoms with Gasteiger partial charge in [0.1, 0.15) is 6.54 Å². The van der Waals surface area contributed by atoms with Gasteiger partial charge in [0.15, 0.2) is 0 Å². The number of aryl methyl sites for hydroxylation is 2. The highest BCUT2D eigenvalue weighted by Crippen LogP contribution is 2.24. The molecule has 28 heavy (non-hydrogen) atoms. The van der Waals surface area contributed by atoms with Crippen molar-refractivity contribution in [1.82, 2.24) is 5.32 Å². The van der Waals surface area contributed by atoms with Gasteiger partial charge < -0.3 is 5.32 Å². The molecule has 1 amide bonds. The normalized spacial score (nSPS) is 11.3. The molecule has 152 valence electrons. The third-order valence-electron chi connectivity index (χ3n) is 4.47. The lowest BCUT2D eigenvalue weighted by Gasteiger charge is -2.24. The summed E-state index contributed by atoms with van der Waals surface area (Å²) in [5, 5.41) is 2.83. The molecule has 0 unspecified atom stereocenters. The van der Waals surface area contributed by atoms with Crippen LogP contribution in [0.25, 0.3) is 0 Å². The van der Waals surface area contributed by atoms with Crippen LogP contribution in [0.5, 0.6) is 0 Å². The molecule has 0 saturated carbocycles. The Morgan fingerprint density at radius 3 is 2.39 bits per heavy atom. The van der Waals surface area contributed by atoms with Crippen molar-refractivity contribution < 1.29 is 13.2 Å². The summed E-state index contributed by atoms with van der Waals surface area (Å²) < 4.78 is 25.6. The predicted molar refractivity (Wildman–Crippen MR) is 118 cm³/mol. The van der Waals surface area contributed by atoms with Gasteiger partial charge in [0.25, 0.3) is 0 Å². The number of carbonyl (C=O) groups excluding carboxylic acids is 1. The zero-order chi connectivity index (χ0) is 20.7. The molecule has 5 nitrogen and oxygen atoms in total. The minimum absolute atomic E-state index is 0.214. The molecule has 2 aromatic rings. The molecular weight excluding hydrogens is 392 g/mol. The van der Waals surface area contributed by atoms with Crippen LogP contribution >= 0.6 is 11.8 Å². The molecular formula is C21H28N2O3S2. The fraction of sp³-hybridized carbons (Fsp3) is 0.381. The van der Waals surface area contributed by atoms with E-state index in [9.17, 15) is 13.2 Å². The summed E-state index contributed by atoms with van der Waals surface area (Å²) in [6.45, 7) is 6.15. The lowest BCUT2D eigenvalue weighted by atomic mass is 10.1. The molecule has 0 aliphatic carbocycles. The summed E-state index contributed by atoms with van der Waals surface area (Å²) in [5.74, 6) is 0.586. The topological polar surface area (TPSA) is 66.5 Å². The Labute approximate surface area is 172 Å². The van der Waals surface area contributed by atoms with Crippen molar-refractivity contribution in [3.05, 3.63) is 59.2 Å². The van der Waals surface area contributed by atoms with E-state index in [0.29, 0.717) is 12.2 Å². The Bertz CT molecular complexity index is 910. The van der Waals surface area contributed by atoms with Crippen LogP contribution in [0.2, 0.25) is 0 Å². The molecule has 0 aromatic heterocycles. The van der Waals surface area contributed by atoms with E-state index in [1.165, 1.54) is 14.8 Å². The SMILES string of the molecule is Cc1ccc(SCCCNC(=O)CN(c2cccc(C)c2C)S(C)(=O)=O)cc1. The molecule has 2 rings (SSSR count). The number of anilines is 1. The highest BCUT2D eigenvalue weighted by molar-refractivity contribution is 7.99. The number of rotatable bonds is 9. The van der Waals surface area contributed by atoms with E-state index in [1.807, 2.05) is 19.9 Å². The molecule has 0 fully saturated rings. The van der Waals surface area contributed by atoms with Crippen LogP contribution in [-0.4, -0.2) is 39.4 Å². The average Bonchev–Trinajstić information content (AvgIpc) is 2.63. The molecule has 0 spiro atoms. The van der Waals surface area contributed by atoms with Crippen LogP contribution in [0, 0.1) is 20.8 Å². The number of amides is 1. The minimum Gasteiger partial charge on any atom is -0.354 e. The molecule has 0 aliphatic rings. The highest BCUT2D eigenvalue weighted by atomic mass is 32.2. The Kier molecular flexibility index (Phi) is 7.95. The molecule has 0 radical (unpaired) electrons. The van der Waals surface area contributed by atoms with E-state index >= 15 is 0 Å². The number of nitrogens with zero attached hydrogens (tertiary/aromatic N) is 1. The van der Waals surface area contributed by atoms with Crippen LogP contribution in [0.4, 0.5) is 5.69 Å². The van der Waals surface area contributed by atoms with Crippen molar-refractivity contribution in [3.63, 3.8) is 0 Å². The summed E-state index contributed by atoms with van der Waals surface area (Å²) in [6.07, 6.45) is 1.94. The first-order chi connectivity index (χ1) is 13.2. The second-order valence-electron chi connectivity index (χ2n) is 6.85. The predicted octanol–water partition coefficient (Wildman–Crippen LogP) is 3.68. The minimum atomic E-state index is -3.56. The number of benzene rings is 2. The van der Waals surface area contributed by atoms with E-state index < -0.39 is 10.0 Å². The van der Waals surface area contributed by atoms with Crippen molar-refractivity contribution in [2.24, 2.45) is 0 Å². The Balaban J connectivity index is 1.87. The van der Waals surface area contributed by atoms with E-state index in [0.717, 1.165) is 29.6 Å². The van der Waals surface area contributed by atoms with Gasteiger partial charge in [0, 0.05) is 11.4 Å². The van der Waals surface area contributed by atoms with Crippen molar-refractivity contribution in [1.29, 1.82) is 0 Å². The first kappa shape index (κ1) is 22.3. The van der Waals surface area contributed by atoms with Crippen LogP contribution in [0.15, 0.2) is 47.4 Å². The van der Waals surface area contributed by atoms with E-state index in [2.05, 4.69) is 36.5 Å². The van der Waals surface area contributed by atoms with Crippen molar-refractivity contribution in [2.75, 3.05) is 29.4 Å². The first-order valence-corrected chi connectivity index (χ1v) is 12.0. The van der Waals surface area contributed by atoms with Crippen LogP contribution in [-0.2, 0) is 14.8 Å². The third-order valence-corrected chi connectivity index (χ3v) is 6.69. The average molecular weight is 421 g/mol. The van der Waals surface area contributed by atoms with Gasteiger partial charge in [-0.15, -0.1) is 11.8 Å². The highest BCUT2D eigenvalue weighted by Gasteiger charge is 2.22. The molecule has 0 heterocycles. The standard InChI is InChI=1S/C21H28N2O3S2/c1-16-9-11-19(12-10-16)27-14-6-13-22-21(24)15-23(28(4,25)26)20-8-5-7-17(2)18(20)3/h5,7-12H,6,13-15H2,1-4H3,(H,22,24). The number of carbonyl (C=O) groups is 1. The maximum absolute atomic E-state index is 12.3. The molecule has 2 aromatic carbocycles. The second kappa shape index (κ2) is 9.98. The van der Waals surface area contributed by atoms with Gasteiger partial charge >= 0.3 is 0 Å². The van der Waals surface area contributed by atoms with Crippen molar-refractivity contribution >= 4 is 33.4 Å². The lowest BCUT2D eigenvalue weighted by Crippen LogP contribution is -2.41. The molecule has 0 bridgehead atoms. The third kappa shape index (κ3) is 6.56. The van der Waals surface area contributed by atoms with Crippen LogP contribution in [0.1, 0.15) is 23.1 Å². The Hall–Kier alpha value is -1.99. The van der Waals surface area contributed by atoms with Gasteiger partial charge in [-0.1, -0.05) is 29.8 Å². The van der Waals surface area contributed by atoms with Crippen molar-refractivity contribution in [3.8, 4) is 0 Å². The summed E-state index contributed by atoms with van der Waals surface area (Å²) >= 11 is 1.74. The number of hydrogen-bond acceptors (Lipinski definition) is 4. The number of sulfonamides is 1. The molecule has 0 saturated heterocycles. The first-order valence-electron chi connectivity index (χ1n) is 9.18. The summed E-state index contributed by atoms with van der Waals surface area (Å²) in [4.78, 5) is 13.5. The van der Waals surface area contributed by atoms with Crippen LogP contribution < -0.4 is 9.62 Å². The van der Waals surface area contributed by atoms with Gasteiger partial charge in [-0.05, 0) is 62.3 Å². The van der Waals surface area contributed by atoms with E-state index in [4.69, 9.17) is 0 Å². The van der Waals surface area contributed by atoms with Crippen molar-refractivity contribution in [2.45, 2.75) is 32.1 Å². The van der Waals surface area contributed by atoms with Gasteiger partial charge in [-0.3, -0.25) is 9.10 Å². The van der Waals surface area contributed by atoms with E-state index in [-0.39, 0.29) is 12.5 Å². The number of thioether (sulfide) groups is 1. The smallest absolute Gasteiger partial charge is 0.240 e. The van der Waals surface area contributed by atoms with Gasteiger partial charge in [-0.2, -0.15) is 0 Å². The number of hydrogen-bond donors (Lipinski definition) is 1. The zero-order valence-electron chi connectivity index (χ0n) is 16.9. The summed E-state index contributed by atoms with van der Waals surface area (Å²) in [6, 6.07) is 13.8. The fourth-order valence-corrected chi connectivity index (χ4v) is 4.46. The Morgan fingerprint density at radius 1 is 1.07 bits per heavy atom. The Morgan fingerprint density at radius 2 is 1.75 bits per heavy atom. The number of nitrogens with one attached hydrogen (secondary N) is 1. The van der Waals surface area contributed by atoms with Gasteiger partial charge in [0.05, 0.1) is 11.9 Å². The second-order valence-corrected chi connectivity index (χ2v) is 9.93.